The maximum absolute atomic E-state index is 12.7. The number of piperazine rings is 1. The van der Waals surface area contributed by atoms with Gasteiger partial charge in [0.05, 0.1) is 28.7 Å². The van der Waals surface area contributed by atoms with E-state index in [1.54, 1.807) is 16.2 Å². The fourth-order valence-electron chi connectivity index (χ4n) is 4.19. The van der Waals surface area contributed by atoms with Crippen molar-refractivity contribution >= 4 is 31.6 Å². The Morgan fingerprint density at radius 2 is 1.76 bits per heavy atom. The van der Waals surface area contributed by atoms with Crippen LogP contribution >= 0.6 is 11.3 Å². The fraction of sp³-hybridized carbons (Fsp3) is 0.607. The van der Waals surface area contributed by atoms with E-state index in [9.17, 15) is 9.59 Å². The monoisotopic (exact) mass is 560 g/mol. The van der Waals surface area contributed by atoms with Gasteiger partial charge in [0.25, 0.3) is 0 Å². The molecule has 38 heavy (non-hydrogen) atoms. The van der Waals surface area contributed by atoms with Crippen LogP contribution in [0.15, 0.2) is 29.8 Å². The lowest BCUT2D eigenvalue weighted by Crippen LogP contribution is -2.50. The molecule has 1 aliphatic heterocycles. The Balaban J connectivity index is 1.61. The molecule has 0 unspecified atom stereocenters. The van der Waals surface area contributed by atoms with Gasteiger partial charge in [0, 0.05) is 40.8 Å². The molecule has 0 bridgehead atoms. The molecule has 0 saturated carbocycles. The first kappa shape index (κ1) is 30.1. The highest BCUT2D eigenvalue weighted by molar-refractivity contribution is 7.13. The number of hydrogen-bond acceptors (Lipinski definition) is 7. The van der Waals surface area contributed by atoms with Crippen LogP contribution in [0.1, 0.15) is 44.5 Å². The molecule has 1 aromatic carbocycles. The van der Waals surface area contributed by atoms with E-state index in [-0.39, 0.29) is 18.2 Å². The Morgan fingerprint density at radius 1 is 1.11 bits per heavy atom. The van der Waals surface area contributed by atoms with Crippen LogP contribution in [0.4, 0.5) is 9.59 Å². The van der Waals surface area contributed by atoms with E-state index >= 15 is 0 Å². The Labute approximate surface area is 232 Å². The first-order valence-electron chi connectivity index (χ1n) is 13.4. The molecule has 0 radical (unpaired) electrons. The van der Waals surface area contributed by atoms with Crippen LogP contribution in [0.25, 0.3) is 10.4 Å². The van der Waals surface area contributed by atoms with Crippen LogP contribution in [0.2, 0.25) is 25.7 Å². The van der Waals surface area contributed by atoms with Crippen molar-refractivity contribution in [2.45, 2.75) is 71.4 Å². The number of hydrogen-bond donors (Lipinski definition) is 1. The van der Waals surface area contributed by atoms with Crippen molar-refractivity contribution in [3.05, 3.63) is 41.0 Å². The number of rotatable bonds is 9. The van der Waals surface area contributed by atoms with Crippen molar-refractivity contribution in [2.24, 2.45) is 0 Å². The largest absolute Gasteiger partial charge is 0.450 e. The van der Waals surface area contributed by atoms with Gasteiger partial charge in [-0.1, -0.05) is 43.9 Å². The second-order valence-corrected chi connectivity index (χ2v) is 18.6. The van der Waals surface area contributed by atoms with Gasteiger partial charge in [-0.2, -0.15) is 0 Å². The first-order chi connectivity index (χ1) is 17.8. The highest BCUT2D eigenvalue weighted by atomic mass is 32.1. The van der Waals surface area contributed by atoms with Gasteiger partial charge >= 0.3 is 12.2 Å². The highest BCUT2D eigenvalue weighted by Gasteiger charge is 2.26. The number of nitrogens with one attached hydrogen (secondary N) is 1. The van der Waals surface area contributed by atoms with Gasteiger partial charge in [-0.05, 0) is 51.3 Å². The summed E-state index contributed by atoms with van der Waals surface area (Å²) in [6, 6.07) is 9.14. The lowest BCUT2D eigenvalue weighted by Gasteiger charge is -2.36. The Kier molecular flexibility index (Phi) is 10.4. The minimum Gasteiger partial charge on any atom is -0.450 e. The van der Waals surface area contributed by atoms with E-state index in [1.165, 1.54) is 0 Å². The van der Waals surface area contributed by atoms with Gasteiger partial charge < -0.3 is 19.7 Å². The zero-order chi connectivity index (χ0) is 27.9. The predicted octanol–water partition coefficient (Wildman–Crippen LogP) is 6.17. The molecule has 0 spiro atoms. The summed E-state index contributed by atoms with van der Waals surface area (Å²) < 4.78 is 11.1. The first-order valence-corrected chi connectivity index (χ1v) is 18.0. The molecule has 2 amide bonds. The number of benzene rings is 1. The summed E-state index contributed by atoms with van der Waals surface area (Å²) in [4.78, 5) is 34.7. The summed E-state index contributed by atoms with van der Waals surface area (Å²) in [7, 11) is -1.28. The van der Waals surface area contributed by atoms with Crippen LogP contribution in [-0.2, 0) is 9.47 Å². The van der Waals surface area contributed by atoms with Crippen molar-refractivity contribution in [3.8, 4) is 10.4 Å². The van der Waals surface area contributed by atoms with Crippen molar-refractivity contribution < 1.29 is 19.1 Å². The lowest BCUT2D eigenvalue weighted by molar-refractivity contribution is 0.0142. The molecule has 10 heteroatoms. The molecule has 2 heterocycles. The van der Waals surface area contributed by atoms with E-state index in [2.05, 4.69) is 59.1 Å². The normalized spacial score (nSPS) is 15.7. The van der Waals surface area contributed by atoms with Gasteiger partial charge in [0.2, 0.25) is 0 Å². The molecule has 1 saturated heterocycles. The number of thiazole rings is 1. The van der Waals surface area contributed by atoms with E-state index in [1.807, 2.05) is 33.2 Å². The zero-order valence-corrected chi connectivity index (χ0v) is 25.8. The van der Waals surface area contributed by atoms with Gasteiger partial charge in [-0.25, -0.2) is 14.6 Å². The van der Waals surface area contributed by atoms with Gasteiger partial charge in [0.15, 0.2) is 0 Å². The molecule has 3 rings (SSSR count). The molecule has 1 N–H and O–H groups in total. The van der Waals surface area contributed by atoms with Crippen LogP contribution in [0, 0.1) is 6.92 Å². The summed E-state index contributed by atoms with van der Waals surface area (Å²) in [5.74, 6) is 0. The van der Waals surface area contributed by atoms with Crippen LogP contribution in [-0.4, -0.2) is 80.0 Å². The third-order valence-electron chi connectivity index (χ3n) is 6.46. The average molecular weight is 561 g/mol. The quantitative estimate of drug-likeness (QED) is 0.370. The maximum atomic E-state index is 12.7. The Morgan fingerprint density at radius 3 is 2.32 bits per heavy atom. The number of ether oxygens (including phenoxy) is 2. The maximum Gasteiger partial charge on any atom is 0.410 e. The number of amides is 2. The van der Waals surface area contributed by atoms with Crippen molar-refractivity contribution in [1.29, 1.82) is 0 Å². The average Bonchev–Trinajstić information content (AvgIpc) is 3.26. The summed E-state index contributed by atoms with van der Waals surface area (Å²) in [5, 5.41) is 3.11. The number of alkyl carbamates (subject to hydrolysis) is 1. The van der Waals surface area contributed by atoms with Crippen LogP contribution in [0.5, 0.6) is 0 Å². The van der Waals surface area contributed by atoms with Crippen molar-refractivity contribution in [1.82, 2.24) is 20.1 Å². The summed E-state index contributed by atoms with van der Waals surface area (Å²) >= 11 is 1.63. The third kappa shape index (κ3) is 9.70. The molecule has 0 aliphatic carbocycles. The summed E-state index contributed by atoms with van der Waals surface area (Å²) in [6.45, 7) is 18.5. The Bertz CT molecular complexity index is 1050. The van der Waals surface area contributed by atoms with Crippen LogP contribution in [0.3, 0.4) is 0 Å². The lowest BCUT2D eigenvalue weighted by atomic mass is 10.0. The third-order valence-corrected chi connectivity index (χ3v) is 9.14. The number of carbonyl (C=O) groups is 2. The molecule has 1 fully saturated rings. The van der Waals surface area contributed by atoms with E-state index in [0.717, 1.165) is 53.8 Å². The minimum absolute atomic E-state index is 0.171. The summed E-state index contributed by atoms with van der Waals surface area (Å²) in [6.07, 6.45) is 0.119. The summed E-state index contributed by atoms with van der Waals surface area (Å²) in [5.41, 5.74) is 4.57. The number of aromatic nitrogens is 1. The standard InChI is InChI=1S/C28H44N4O4SSi/c1-21-25(37-20-29-21)23-10-8-22(9-11-23)24(30-26(33)35-18-19-38(5,6)7)12-13-31-14-16-32(17-15-31)27(34)36-28(2,3)4/h8-11,20,24H,12-19H2,1-7H3,(H,30,33)/t24-/m0/s1. The molecule has 8 nitrogen and oxygen atoms in total. The molecular weight excluding hydrogens is 516 g/mol. The smallest absolute Gasteiger partial charge is 0.410 e. The van der Waals surface area contributed by atoms with E-state index in [4.69, 9.17) is 9.47 Å². The fourth-order valence-corrected chi connectivity index (χ4v) is 5.72. The number of nitrogens with zero attached hydrogens (tertiary/aromatic N) is 3. The predicted molar refractivity (Wildman–Crippen MR) is 157 cm³/mol. The number of carbonyl (C=O) groups excluding carboxylic acids is 2. The topological polar surface area (TPSA) is 84.0 Å². The van der Waals surface area contributed by atoms with Crippen molar-refractivity contribution in [3.63, 3.8) is 0 Å². The number of aryl methyl sites for hydroxylation is 1. The molecule has 210 valence electrons. The molecular formula is C28H44N4O4SSi. The van der Waals surface area contributed by atoms with Gasteiger partial charge in [-0.3, -0.25) is 4.90 Å². The van der Waals surface area contributed by atoms with Gasteiger partial charge in [0.1, 0.15) is 5.60 Å². The van der Waals surface area contributed by atoms with E-state index in [0.29, 0.717) is 19.7 Å². The SMILES string of the molecule is Cc1ncsc1-c1ccc([C@H](CCN2CCN(C(=O)OC(C)(C)C)CC2)NC(=O)OCC[Si](C)(C)C)cc1. The van der Waals surface area contributed by atoms with Gasteiger partial charge in [-0.15, -0.1) is 11.3 Å². The van der Waals surface area contributed by atoms with E-state index < -0.39 is 13.7 Å². The highest BCUT2D eigenvalue weighted by Crippen LogP contribution is 2.29. The molecule has 1 aliphatic rings. The van der Waals surface area contributed by atoms with Crippen molar-refractivity contribution in [2.75, 3.05) is 39.3 Å². The molecule has 2 aromatic rings. The minimum atomic E-state index is -1.28. The van der Waals surface area contributed by atoms with Crippen LogP contribution < -0.4 is 5.32 Å². The molecule has 1 aromatic heterocycles. The second kappa shape index (κ2) is 13.1. The second-order valence-electron chi connectivity index (χ2n) is 12.1. The molecule has 1 atom stereocenters. The Hall–Kier alpha value is -2.43. The zero-order valence-electron chi connectivity index (χ0n) is 24.0.